The smallest absolute Gasteiger partial charge is 0.370 e. The Morgan fingerprint density at radius 3 is 2.55 bits per heavy atom. The monoisotopic (exact) mass is 419 g/mol. The molecule has 0 aliphatic carbocycles. The summed E-state index contributed by atoms with van der Waals surface area (Å²) in [7, 11) is 0. The average molecular weight is 420 g/mol. The summed E-state index contributed by atoms with van der Waals surface area (Å²) in [4.78, 5) is 0. The number of aryl methyl sites for hydroxylation is 2. The van der Waals surface area contributed by atoms with Crippen LogP contribution in [0.15, 0.2) is 36.4 Å². The van der Waals surface area contributed by atoms with Gasteiger partial charge in [0.2, 0.25) is 0 Å². The predicted octanol–water partition coefficient (Wildman–Crippen LogP) is 6.58. The van der Waals surface area contributed by atoms with Crippen LogP contribution in [0.2, 0.25) is 5.02 Å². The summed E-state index contributed by atoms with van der Waals surface area (Å²) in [6.07, 6.45) is -1.79. The highest BCUT2D eigenvalue weighted by Crippen LogP contribution is 2.40. The molecule has 1 N–H and O–H groups in total. The van der Waals surface area contributed by atoms with E-state index in [1.165, 1.54) is 11.6 Å². The van der Waals surface area contributed by atoms with Gasteiger partial charge in [-0.15, -0.1) is 0 Å². The van der Waals surface area contributed by atoms with E-state index in [0.717, 1.165) is 60.6 Å². The first-order valence-electron chi connectivity index (χ1n) is 9.56. The molecule has 1 aliphatic rings. The van der Waals surface area contributed by atoms with Crippen LogP contribution >= 0.6 is 11.6 Å². The molecule has 4 rings (SSSR count). The van der Waals surface area contributed by atoms with E-state index in [1.54, 1.807) is 4.68 Å². The summed E-state index contributed by atoms with van der Waals surface area (Å²) in [5.41, 5.74) is 4.15. The molecule has 0 unspecified atom stereocenters. The molecule has 0 spiro atoms. The van der Waals surface area contributed by atoms with Crippen molar-refractivity contribution in [2.24, 2.45) is 0 Å². The van der Waals surface area contributed by atoms with E-state index in [9.17, 15) is 13.2 Å². The van der Waals surface area contributed by atoms with Crippen LogP contribution in [0.5, 0.6) is 0 Å². The van der Waals surface area contributed by atoms with Crippen molar-refractivity contribution < 1.29 is 13.2 Å². The molecule has 0 bridgehead atoms. The van der Waals surface area contributed by atoms with E-state index in [0.29, 0.717) is 11.3 Å². The van der Waals surface area contributed by atoms with Crippen molar-refractivity contribution in [3.63, 3.8) is 0 Å². The van der Waals surface area contributed by atoms with Gasteiger partial charge in [-0.25, -0.2) is 4.68 Å². The van der Waals surface area contributed by atoms with Crippen LogP contribution in [0.4, 0.5) is 19.0 Å². The van der Waals surface area contributed by atoms with Crippen molar-refractivity contribution in [2.75, 3.05) is 11.9 Å². The number of rotatable bonds is 2. The number of anilines is 1. The first-order valence-corrected chi connectivity index (χ1v) is 9.94. The number of benzene rings is 2. The quantitative estimate of drug-likeness (QED) is 0.508. The lowest BCUT2D eigenvalue weighted by Gasteiger charge is -2.10. The third-order valence-electron chi connectivity index (χ3n) is 5.41. The maximum Gasteiger partial charge on any atom is 0.416 e. The largest absolute Gasteiger partial charge is 0.416 e. The van der Waals surface area contributed by atoms with Crippen LogP contribution in [-0.4, -0.2) is 16.3 Å². The predicted molar refractivity (Wildman–Crippen MR) is 110 cm³/mol. The molecule has 1 aliphatic heterocycles. The van der Waals surface area contributed by atoms with E-state index in [2.05, 4.69) is 5.32 Å². The Kier molecular flexibility index (Phi) is 5.07. The summed E-state index contributed by atoms with van der Waals surface area (Å²) >= 11 is 6.33. The fraction of sp³-hybridized carbons (Fsp3) is 0.318. The number of hydrogen-bond acceptors (Lipinski definition) is 2. The van der Waals surface area contributed by atoms with Gasteiger partial charge >= 0.3 is 6.18 Å². The molecule has 0 amide bonds. The van der Waals surface area contributed by atoms with Gasteiger partial charge in [-0.2, -0.15) is 18.3 Å². The highest BCUT2D eigenvalue weighted by molar-refractivity contribution is 6.33. The molecule has 2 heterocycles. The Morgan fingerprint density at radius 2 is 1.83 bits per heavy atom. The van der Waals surface area contributed by atoms with Crippen LogP contribution in [-0.2, 0) is 12.6 Å². The molecule has 0 saturated carbocycles. The molecule has 7 heteroatoms. The van der Waals surface area contributed by atoms with Crippen LogP contribution in [0.25, 0.3) is 16.9 Å². The highest BCUT2D eigenvalue weighted by Gasteiger charge is 2.32. The van der Waals surface area contributed by atoms with Gasteiger partial charge in [0.15, 0.2) is 0 Å². The van der Waals surface area contributed by atoms with Gasteiger partial charge in [0.05, 0.1) is 22.0 Å². The number of nitrogens with one attached hydrogen (secondary N) is 1. The second-order valence-electron chi connectivity index (χ2n) is 7.43. The summed E-state index contributed by atoms with van der Waals surface area (Å²) < 4.78 is 41.7. The number of nitrogens with zero attached hydrogens (tertiary/aromatic N) is 2. The number of alkyl halides is 3. The molecule has 0 radical (unpaired) electrons. The van der Waals surface area contributed by atoms with E-state index in [1.807, 2.05) is 32.0 Å². The topological polar surface area (TPSA) is 29.9 Å². The standard InChI is InChI=1S/C22H21ClF3N3/c1-13-6-8-16(11-14(13)2)29-21-17(5-3-4-10-27-21)20(28-29)18-12-15(22(24,25)26)7-9-19(18)23/h6-9,11-12,27H,3-5,10H2,1-2H3. The fourth-order valence-corrected chi connectivity index (χ4v) is 3.85. The average Bonchev–Trinajstić information content (AvgIpc) is 2.84. The highest BCUT2D eigenvalue weighted by atomic mass is 35.5. The normalized spacial score (nSPS) is 14.3. The first-order chi connectivity index (χ1) is 13.8. The minimum atomic E-state index is -4.44. The van der Waals surface area contributed by atoms with Gasteiger partial charge in [-0.05, 0) is 74.6 Å². The van der Waals surface area contributed by atoms with Crippen molar-refractivity contribution in [1.29, 1.82) is 0 Å². The van der Waals surface area contributed by atoms with Gasteiger partial charge < -0.3 is 5.32 Å². The van der Waals surface area contributed by atoms with Crippen molar-refractivity contribution in [1.82, 2.24) is 9.78 Å². The minimum Gasteiger partial charge on any atom is -0.370 e. The molecular weight excluding hydrogens is 399 g/mol. The zero-order valence-electron chi connectivity index (χ0n) is 16.2. The number of hydrogen-bond donors (Lipinski definition) is 1. The molecule has 1 aromatic heterocycles. The van der Waals surface area contributed by atoms with Crippen LogP contribution in [0.3, 0.4) is 0 Å². The van der Waals surface area contributed by atoms with Gasteiger partial charge in [0, 0.05) is 17.7 Å². The maximum absolute atomic E-state index is 13.3. The maximum atomic E-state index is 13.3. The van der Waals surface area contributed by atoms with Gasteiger partial charge in [0.1, 0.15) is 5.82 Å². The zero-order valence-corrected chi connectivity index (χ0v) is 17.0. The van der Waals surface area contributed by atoms with Crippen LogP contribution < -0.4 is 5.32 Å². The summed E-state index contributed by atoms with van der Waals surface area (Å²) in [5, 5.41) is 8.41. The number of halogens is 4. The Hall–Kier alpha value is -2.47. The van der Waals surface area contributed by atoms with Gasteiger partial charge in [-0.1, -0.05) is 17.7 Å². The molecular formula is C22H21ClF3N3. The Morgan fingerprint density at radius 1 is 1.03 bits per heavy atom. The van der Waals surface area contributed by atoms with E-state index in [4.69, 9.17) is 16.7 Å². The Balaban J connectivity index is 1.93. The van der Waals surface area contributed by atoms with E-state index < -0.39 is 11.7 Å². The number of aromatic nitrogens is 2. The summed E-state index contributed by atoms with van der Waals surface area (Å²) in [6, 6.07) is 9.42. The third kappa shape index (κ3) is 3.73. The molecule has 0 saturated heterocycles. The summed E-state index contributed by atoms with van der Waals surface area (Å²) in [5.74, 6) is 0.828. The molecule has 2 aromatic carbocycles. The van der Waals surface area contributed by atoms with Gasteiger partial charge in [-0.3, -0.25) is 0 Å². The van der Waals surface area contributed by atoms with E-state index in [-0.39, 0.29) is 5.02 Å². The van der Waals surface area contributed by atoms with Crippen molar-refractivity contribution in [3.8, 4) is 16.9 Å². The first kappa shape index (κ1) is 19.8. The van der Waals surface area contributed by atoms with Crippen molar-refractivity contribution in [2.45, 2.75) is 39.3 Å². The van der Waals surface area contributed by atoms with E-state index >= 15 is 0 Å². The molecule has 0 fully saturated rings. The Bertz CT molecular complexity index is 1070. The third-order valence-corrected chi connectivity index (χ3v) is 5.74. The molecule has 152 valence electrons. The minimum absolute atomic E-state index is 0.259. The molecule has 0 atom stereocenters. The van der Waals surface area contributed by atoms with Gasteiger partial charge in [0.25, 0.3) is 0 Å². The molecule has 29 heavy (non-hydrogen) atoms. The van der Waals surface area contributed by atoms with Crippen molar-refractivity contribution >= 4 is 17.4 Å². The molecule has 3 aromatic rings. The Labute approximate surface area is 172 Å². The lowest BCUT2D eigenvalue weighted by atomic mass is 10.0. The second-order valence-corrected chi connectivity index (χ2v) is 7.84. The van der Waals surface area contributed by atoms with Crippen LogP contribution in [0, 0.1) is 13.8 Å². The summed E-state index contributed by atoms with van der Waals surface area (Å²) in [6.45, 7) is 4.85. The molecule has 3 nitrogen and oxygen atoms in total. The van der Waals surface area contributed by atoms with Crippen molar-refractivity contribution in [3.05, 3.63) is 63.7 Å². The lowest BCUT2D eigenvalue weighted by Crippen LogP contribution is -2.07. The zero-order chi connectivity index (χ0) is 20.8. The lowest BCUT2D eigenvalue weighted by molar-refractivity contribution is -0.137. The number of fused-ring (bicyclic) bond motifs is 1. The fourth-order valence-electron chi connectivity index (χ4n) is 3.65. The second kappa shape index (κ2) is 7.41. The van der Waals surface area contributed by atoms with Crippen LogP contribution in [0.1, 0.15) is 35.1 Å². The SMILES string of the molecule is Cc1ccc(-n2nc(-c3cc(C(F)(F)F)ccc3Cl)c3c2NCCCC3)cc1C.